The van der Waals surface area contributed by atoms with Gasteiger partial charge < -0.3 is 0 Å². The van der Waals surface area contributed by atoms with Crippen molar-refractivity contribution in [2.45, 2.75) is 12.6 Å². The van der Waals surface area contributed by atoms with E-state index in [2.05, 4.69) is 0 Å². The standard InChI is InChI=1S/C26H20F3N3O5/c27-26(28,29)18-6-2-4-8-20(18)30(23(33)15-5-1-3-7-19(15)32(36)37)12-31-24(34)21-13-9-10-14(17-11-16(13)17)22(21)25(31)35/h1-10,13-14,16-17,21-22H,11-12H2. The molecule has 4 aliphatic carbocycles. The summed E-state index contributed by atoms with van der Waals surface area (Å²) in [5.74, 6) is -2.95. The van der Waals surface area contributed by atoms with E-state index in [-0.39, 0.29) is 11.8 Å². The molecule has 2 aromatic carbocycles. The van der Waals surface area contributed by atoms with Crippen molar-refractivity contribution >= 4 is 29.1 Å². The third-order valence-corrected chi connectivity index (χ3v) is 8.11. The smallest absolute Gasteiger partial charge is 0.289 e. The highest BCUT2D eigenvalue weighted by Crippen LogP contribution is 2.65. The number of hydrogen-bond donors (Lipinski definition) is 0. The summed E-state index contributed by atoms with van der Waals surface area (Å²) in [5, 5.41) is 11.6. The second kappa shape index (κ2) is 7.99. The molecule has 37 heavy (non-hydrogen) atoms. The zero-order chi connectivity index (χ0) is 26.2. The Morgan fingerprint density at radius 3 is 2.14 bits per heavy atom. The number of rotatable bonds is 5. The maximum Gasteiger partial charge on any atom is 0.418 e. The fourth-order valence-electron chi connectivity index (χ4n) is 6.46. The van der Waals surface area contributed by atoms with Crippen LogP contribution in [0.5, 0.6) is 0 Å². The van der Waals surface area contributed by atoms with Gasteiger partial charge in [0, 0.05) is 6.07 Å². The van der Waals surface area contributed by atoms with Crippen molar-refractivity contribution in [3.63, 3.8) is 0 Å². The minimum atomic E-state index is -4.87. The molecule has 1 saturated heterocycles. The number of nitro benzene ring substituents is 1. The summed E-state index contributed by atoms with van der Waals surface area (Å²) in [5.41, 5.74) is -2.82. The molecule has 3 fully saturated rings. The second-order valence-electron chi connectivity index (χ2n) is 9.92. The SMILES string of the molecule is O=C1C2C3C=CC(C4CC34)C2C(=O)N1CN(C(=O)c1ccccc1[N+](=O)[O-])c1ccccc1C(F)(F)F. The van der Waals surface area contributed by atoms with Gasteiger partial charge in [0.1, 0.15) is 12.2 Å². The van der Waals surface area contributed by atoms with Crippen LogP contribution in [0.25, 0.3) is 0 Å². The van der Waals surface area contributed by atoms with E-state index >= 15 is 0 Å². The molecule has 0 radical (unpaired) electrons. The van der Waals surface area contributed by atoms with E-state index in [9.17, 15) is 37.7 Å². The summed E-state index contributed by atoms with van der Waals surface area (Å²) in [6, 6.07) is 9.14. The monoisotopic (exact) mass is 511 g/mol. The molecule has 0 aromatic heterocycles. The number of amides is 3. The minimum Gasteiger partial charge on any atom is -0.289 e. The molecule has 8 nitrogen and oxygen atoms in total. The quantitative estimate of drug-likeness (QED) is 0.258. The highest BCUT2D eigenvalue weighted by Gasteiger charge is 2.67. The molecule has 2 bridgehead atoms. The number of carbonyl (C=O) groups is 3. The third-order valence-electron chi connectivity index (χ3n) is 8.11. The number of likely N-dealkylation sites (tertiary alicyclic amines) is 1. The van der Waals surface area contributed by atoms with Gasteiger partial charge in [0.25, 0.3) is 11.6 Å². The fourth-order valence-corrected chi connectivity index (χ4v) is 6.46. The number of nitro groups is 1. The topological polar surface area (TPSA) is 101 Å². The summed E-state index contributed by atoms with van der Waals surface area (Å²) < 4.78 is 41.8. The first-order chi connectivity index (χ1) is 17.6. The van der Waals surface area contributed by atoms with Crippen molar-refractivity contribution in [1.82, 2.24) is 4.90 Å². The van der Waals surface area contributed by atoms with E-state index in [1.807, 2.05) is 12.2 Å². The predicted octanol–water partition coefficient (Wildman–Crippen LogP) is 4.27. The van der Waals surface area contributed by atoms with E-state index in [0.29, 0.717) is 16.7 Å². The number of imide groups is 1. The van der Waals surface area contributed by atoms with Crippen LogP contribution in [0.15, 0.2) is 60.7 Å². The van der Waals surface area contributed by atoms with Gasteiger partial charge in [0.15, 0.2) is 0 Å². The molecule has 7 rings (SSSR count). The molecular formula is C26H20F3N3O5. The Kier molecular flexibility index (Phi) is 5.05. The number of para-hydroxylation sites is 2. The van der Waals surface area contributed by atoms with Gasteiger partial charge >= 0.3 is 6.18 Å². The number of benzene rings is 2. The van der Waals surface area contributed by atoms with Crippen LogP contribution in [0.1, 0.15) is 22.3 Å². The zero-order valence-corrected chi connectivity index (χ0v) is 19.2. The number of anilines is 1. The average Bonchev–Trinajstić information content (AvgIpc) is 3.66. The minimum absolute atomic E-state index is 0.108. The Bertz CT molecular complexity index is 1350. The van der Waals surface area contributed by atoms with Crippen LogP contribution in [0.2, 0.25) is 0 Å². The van der Waals surface area contributed by atoms with Crippen LogP contribution in [0, 0.1) is 45.6 Å². The molecular weight excluding hydrogens is 491 g/mol. The average molecular weight is 511 g/mol. The van der Waals surface area contributed by atoms with Gasteiger partial charge in [-0.05, 0) is 48.3 Å². The van der Waals surface area contributed by atoms with E-state index in [4.69, 9.17) is 0 Å². The molecule has 1 aliphatic heterocycles. The lowest BCUT2D eigenvalue weighted by Gasteiger charge is -2.37. The Labute approximate surface area is 208 Å². The molecule has 6 unspecified atom stereocenters. The van der Waals surface area contributed by atoms with Crippen LogP contribution in [0.4, 0.5) is 24.5 Å². The molecule has 3 amide bonds. The number of alkyl halides is 3. The molecule has 5 aliphatic rings. The molecule has 11 heteroatoms. The van der Waals surface area contributed by atoms with Crippen LogP contribution >= 0.6 is 0 Å². The highest BCUT2D eigenvalue weighted by molar-refractivity contribution is 6.11. The number of allylic oxidation sites excluding steroid dienone is 2. The molecule has 6 atom stereocenters. The lowest BCUT2D eigenvalue weighted by Crippen LogP contribution is -2.46. The zero-order valence-electron chi connectivity index (χ0n) is 19.2. The van der Waals surface area contributed by atoms with E-state index in [1.165, 1.54) is 18.2 Å². The van der Waals surface area contributed by atoms with Crippen molar-refractivity contribution < 1.29 is 32.5 Å². The Balaban J connectivity index is 1.42. The molecule has 2 aromatic rings. The lowest BCUT2D eigenvalue weighted by atomic mass is 9.63. The van der Waals surface area contributed by atoms with Crippen LogP contribution in [0.3, 0.4) is 0 Å². The van der Waals surface area contributed by atoms with Crippen LogP contribution in [-0.4, -0.2) is 34.2 Å². The lowest BCUT2D eigenvalue weighted by molar-refractivity contribution is -0.385. The van der Waals surface area contributed by atoms with Gasteiger partial charge in [0.2, 0.25) is 11.8 Å². The number of hydrogen-bond acceptors (Lipinski definition) is 5. The first kappa shape index (κ1) is 23.4. The van der Waals surface area contributed by atoms with Gasteiger partial charge in [-0.3, -0.25) is 34.3 Å². The first-order valence-electron chi connectivity index (χ1n) is 11.8. The second-order valence-corrected chi connectivity index (χ2v) is 9.92. The van der Waals surface area contributed by atoms with E-state index in [1.54, 1.807) is 0 Å². The van der Waals surface area contributed by atoms with Gasteiger partial charge in [-0.2, -0.15) is 13.2 Å². The van der Waals surface area contributed by atoms with E-state index in [0.717, 1.165) is 41.7 Å². The summed E-state index contributed by atoms with van der Waals surface area (Å²) >= 11 is 0. The summed E-state index contributed by atoms with van der Waals surface area (Å²) in [7, 11) is 0. The number of nitrogens with zero attached hydrogens (tertiary/aromatic N) is 3. The third kappa shape index (κ3) is 3.47. The van der Waals surface area contributed by atoms with Crippen molar-refractivity contribution in [3.8, 4) is 0 Å². The van der Waals surface area contributed by atoms with Crippen molar-refractivity contribution in [1.29, 1.82) is 0 Å². The Morgan fingerprint density at radius 1 is 0.973 bits per heavy atom. The molecule has 190 valence electrons. The largest absolute Gasteiger partial charge is 0.418 e. The fraction of sp³-hybridized carbons (Fsp3) is 0.346. The molecule has 0 spiro atoms. The maximum absolute atomic E-state index is 13.9. The van der Waals surface area contributed by atoms with Gasteiger partial charge in [-0.1, -0.05) is 36.4 Å². The summed E-state index contributed by atoms with van der Waals surface area (Å²) in [6.07, 6.45) is -0.0000305. The number of carbonyl (C=O) groups excluding carboxylic acids is 3. The Hall–Kier alpha value is -4.02. The predicted molar refractivity (Wildman–Crippen MR) is 123 cm³/mol. The maximum atomic E-state index is 13.9. The van der Waals surface area contributed by atoms with Crippen molar-refractivity contribution in [2.24, 2.45) is 35.5 Å². The van der Waals surface area contributed by atoms with E-state index < -0.39 is 69.8 Å². The van der Waals surface area contributed by atoms with Gasteiger partial charge in [-0.25, -0.2) is 0 Å². The number of halogens is 3. The van der Waals surface area contributed by atoms with Crippen LogP contribution in [-0.2, 0) is 15.8 Å². The van der Waals surface area contributed by atoms with Crippen molar-refractivity contribution in [3.05, 3.63) is 81.9 Å². The first-order valence-corrected chi connectivity index (χ1v) is 11.8. The van der Waals surface area contributed by atoms with Crippen molar-refractivity contribution in [2.75, 3.05) is 11.6 Å². The van der Waals surface area contributed by atoms with Crippen LogP contribution < -0.4 is 4.90 Å². The Morgan fingerprint density at radius 2 is 1.54 bits per heavy atom. The summed E-state index contributed by atoms with van der Waals surface area (Å²) in [4.78, 5) is 52.9. The highest BCUT2D eigenvalue weighted by atomic mass is 19.4. The molecule has 0 N–H and O–H groups in total. The van der Waals surface area contributed by atoms with Gasteiger partial charge in [-0.15, -0.1) is 0 Å². The molecule has 1 heterocycles. The van der Waals surface area contributed by atoms with Gasteiger partial charge in [0.05, 0.1) is 28.0 Å². The molecule has 2 saturated carbocycles. The summed E-state index contributed by atoms with van der Waals surface area (Å²) in [6.45, 7) is -0.780. The normalized spacial score (nSPS) is 29.2.